The molecule has 0 radical (unpaired) electrons. The van der Waals surface area contributed by atoms with Gasteiger partial charge in [-0.2, -0.15) is 0 Å². The summed E-state index contributed by atoms with van der Waals surface area (Å²) in [6, 6.07) is 0.539. The summed E-state index contributed by atoms with van der Waals surface area (Å²) in [5.74, 6) is 0.0480. The number of amides is 1. The molecule has 1 atom stereocenters. The predicted molar refractivity (Wildman–Crippen MR) is 110 cm³/mol. The van der Waals surface area contributed by atoms with Crippen LogP contribution >= 0.6 is 0 Å². The van der Waals surface area contributed by atoms with E-state index in [1.54, 1.807) is 0 Å². The van der Waals surface area contributed by atoms with E-state index < -0.39 is 0 Å². The van der Waals surface area contributed by atoms with Crippen LogP contribution in [0.2, 0.25) is 0 Å². The standard InChI is InChI=1S/C20H42N2O6/c1-5-19(4)21-6-8-24-10-12-26-14-16-28-17-15-27-13-11-25-9-7-22-20(23)18(2)3/h18-19,21H,5-17H2,1-4H3,(H,22,23). The van der Waals surface area contributed by atoms with E-state index in [1.165, 1.54) is 0 Å². The molecule has 0 fully saturated rings. The molecule has 0 aliphatic rings. The van der Waals surface area contributed by atoms with Gasteiger partial charge in [-0.1, -0.05) is 20.8 Å². The van der Waals surface area contributed by atoms with Crippen LogP contribution in [0.3, 0.4) is 0 Å². The van der Waals surface area contributed by atoms with Crippen LogP contribution in [0, 0.1) is 5.92 Å². The highest BCUT2D eigenvalue weighted by molar-refractivity contribution is 5.77. The van der Waals surface area contributed by atoms with Crippen LogP contribution in [0.1, 0.15) is 34.1 Å². The lowest BCUT2D eigenvalue weighted by Crippen LogP contribution is -2.31. The summed E-state index contributed by atoms with van der Waals surface area (Å²) in [6.07, 6.45) is 1.13. The molecule has 0 aromatic rings. The first kappa shape index (κ1) is 27.2. The van der Waals surface area contributed by atoms with Crippen molar-refractivity contribution in [3.63, 3.8) is 0 Å². The first-order chi connectivity index (χ1) is 13.6. The van der Waals surface area contributed by atoms with Crippen molar-refractivity contribution in [1.82, 2.24) is 10.6 Å². The van der Waals surface area contributed by atoms with Crippen molar-refractivity contribution in [2.75, 3.05) is 79.2 Å². The fourth-order valence-electron chi connectivity index (χ4n) is 1.95. The normalized spacial score (nSPS) is 12.5. The molecule has 0 spiro atoms. The fourth-order valence-corrected chi connectivity index (χ4v) is 1.95. The fraction of sp³-hybridized carbons (Fsp3) is 0.950. The zero-order valence-electron chi connectivity index (χ0n) is 18.3. The van der Waals surface area contributed by atoms with Gasteiger partial charge in [0, 0.05) is 25.0 Å². The van der Waals surface area contributed by atoms with Crippen LogP contribution < -0.4 is 10.6 Å². The lowest BCUT2D eigenvalue weighted by atomic mass is 10.2. The van der Waals surface area contributed by atoms with Gasteiger partial charge in [0.05, 0.1) is 66.1 Å². The number of hydrogen-bond acceptors (Lipinski definition) is 7. The molecule has 2 N–H and O–H groups in total. The number of ether oxygens (including phenoxy) is 5. The zero-order chi connectivity index (χ0) is 20.9. The molecule has 8 heteroatoms. The van der Waals surface area contributed by atoms with Gasteiger partial charge in [0.1, 0.15) is 0 Å². The number of hydrogen-bond donors (Lipinski definition) is 2. The molecule has 0 heterocycles. The first-order valence-corrected chi connectivity index (χ1v) is 10.5. The summed E-state index contributed by atoms with van der Waals surface area (Å²) < 4.78 is 27.1. The van der Waals surface area contributed by atoms with Crippen molar-refractivity contribution in [2.45, 2.75) is 40.2 Å². The summed E-state index contributed by atoms with van der Waals surface area (Å²) in [5.41, 5.74) is 0. The average molecular weight is 407 g/mol. The minimum atomic E-state index is 0.00366. The molecule has 0 aromatic carbocycles. The van der Waals surface area contributed by atoms with E-state index in [2.05, 4.69) is 24.5 Å². The van der Waals surface area contributed by atoms with Crippen molar-refractivity contribution >= 4 is 5.91 Å². The smallest absolute Gasteiger partial charge is 0.222 e. The maximum atomic E-state index is 11.3. The van der Waals surface area contributed by atoms with Crippen LogP contribution in [-0.2, 0) is 28.5 Å². The second-order valence-corrected chi connectivity index (χ2v) is 6.77. The summed E-state index contributed by atoms with van der Waals surface area (Å²) in [5, 5.41) is 6.16. The van der Waals surface area contributed by atoms with E-state index in [4.69, 9.17) is 23.7 Å². The van der Waals surface area contributed by atoms with E-state index in [9.17, 15) is 4.79 Å². The van der Waals surface area contributed by atoms with Gasteiger partial charge in [-0.05, 0) is 13.3 Å². The van der Waals surface area contributed by atoms with Gasteiger partial charge in [-0.3, -0.25) is 4.79 Å². The number of carbonyl (C=O) groups is 1. The highest BCUT2D eigenvalue weighted by atomic mass is 16.6. The van der Waals surface area contributed by atoms with Crippen molar-refractivity contribution < 1.29 is 28.5 Å². The van der Waals surface area contributed by atoms with Crippen LogP contribution in [0.15, 0.2) is 0 Å². The topological polar surface area (TPSA) is 87.3 Å². The lowest BCUT2D eigenvalue weighted by molar-refractivity contribution is -0.124. The molecule has 8 nitrogen and oxygen atoms in total. The molecule has 0 aromatic heterocycles. The maximum Gasteiger partial charge on any atom is 0.222 e. The number of rotatable bonds is 21. The van der Waals surface area contributed by atoms with E-state index in [1.807, 2.05) is 13.8 Å². The van der Waals surface area contributed by atoms with E-state index in [0.717, 1.165) is 13.0 Å². The highest BCUT2D eigenvalue weighted by Gasteiger charge is 2.04. The average Bonchev–Trinajstić information content (AvgIpc) is 2.69. The Balaban J connectivity index is 3.08. The van der Waals surface area contributed by atoms with E-state index in [-0.39, 0.29) is 11.8 Å². The minimum Gasteiger partial charge on any atom is -0.378 e. The largest absolute Gasteiger partial charge is 0.378 e. The highest BCUT2D eigenvalue weighted by Crippen LogP contribution is 1.90. The van der Waals surface area contributed by atoms with Crippen LogP contribution in [0.4, 0.5) is 0 Å². The van der Waals surface area contributed by atoms with Gasteiger partial charge in [0.25, 0.3) is 0 Å². The van der Waals surface area contributed by atoms with E-state index >= 15 is 0 Å². The first-order valence-electron chi connectivity index (χ1n) is 10.5. The number of carbonyl (C=O) groups excluding carboxylic acids is 1. The Kier molecular flexibility index (Phi) is 20.4. The Morgan fingerprint density at radius 1 is 0.679 bits per heavy atom. The quantitative estimate of drug-likeness (QED) is 0.277. The third-order valence-corrected chi connectivity index (χ3v) is 3.91. The van der Waals surface area contributed by atoms with Crippen molar-refractivity contribution in [3.8, 4) is 0 Å². The molecule has 168 valence electrons. The van der Waals surface area contributed by atoms with Gasteiger partial charge in [0.15, 0.2) is 0 Å². The second kappa shape index (κ2) is 21.0. The molecular formula is C20H42N2O6. The van der Waals surface area contributed by atoms with Gasteiger partial charge in [0.2, 0.25) is 5.91 Å². The van der Waals surface area contributed by atoms with Crippen LogP contribution in [0.5, 0.6) is 0 Å². The van der Waals surface area contributed by atoms with Crippen molar-refractivity contribution in [2.24, 2.45) is 5.92 Å². The Morgan fingerprint density at radius 3 is 1.46 bits per heavy atom. The molecule has 0 rings (SSSR count). The number of nitrogens with one attached hydrogen (secondary N) is 2. The molecule has 1 unspecified atom stereocenters. The molecule has 0 bridgehead atoms. The van der Waals surface area contributed by atoms with Crippen LogP contribution in [-0.4, -0.2) is 91.1 Å². The summed E-state index contributed by atoms with van der Waals surface area (Å²) in [7, 11) is 0. The molecule has 28 heavy (non-hydrogen) atoms. The zero-order valence-corrected chi connectivity index (χ0v) is 18.3. The molecule has 1 amide bonds. The van der Waals surface area contributed by atoms with Gasteiger partial charge in [-0.15, -0.1) is 0 Å². The minimum absolute atomic E-state index is 0.00366. The monoisotopic (exact) mass is 406 g/mol. The predicted octanol–water partition coefficient (Wildman–Crippen LogP) is 1.23. The SMILES string of the molecule is CCC(C)NCCOCCOCCOCCOCCOCCNC(=O)C(C)C. The Hall–Kier alpha value is -0.770. The van der Waals surface area contributed by atoms with Crippen molar-refractivity contribution in [1.29, 1.82) is 0 Å². The second-order valence-electron chi connectivity index (χ2n) is 6.77. The summed E-state index contributed by atoms with van der Waals surface area (Å²) in [4.78, 5) is 11.3. The molecular weight excluding hydrogens is 364 g/mol. The Bertz CT molecular complexity index is 345. The molecule has 0 aliphatic carbocycles. The molecule has 0 saturated heterocycles. The van der Waals surface area contributed by atoms with Gasteiger partial charge >= 0.3 is 0 Å². The third-order valence-electron chi connectivity index (χ3n) is 3.91. The summed E-state index contributed by atoms with van der Waals surface area (Å²) in [6.45, 7) is 15.0. The Morgan fingerprint density at radius 2 is 1.07 bits per heavy atom. The molecule has 0 saturated carbocycles. The maximum absolute atomic E-state index is 11.3. The van der Waals surface area contributed by atoms with Gasteiger partial charge < -0.3 is 34.3 Å². The van der Waals surface area contributed by atoms with Gasteiger partial charge in [-0.25, -0.2) is 0 Å². The van der Waals surface area contributed by atoms with Crippen molar-refractivity contribution in [3.05, 3.63) is 0 Å². The van der Waals surface area contributed by atoms with E-state index in [0.29, 0.717) is 78.7 Å². The summed E-state index contributed by atoms with van der Waals surface area (Å²) >= 11 is 0. The third kappa shape index (κ3) is 20.0. The lowest BCUT2D eigenvalue weighted by Gasteiger charge is -2.11. The molecule has 0 aliphatic heterocycles. The Labute approximate surface area is 171 Å². The van der Waals surface area contributed by atoms with Crippen LogP contribution in [0.25, 0.3) is 0 Å².